The second-order valence-electron chi connectivity index (χ2n) is 7.05. The first-order valence-electron chi connectivity index (χ1n) is 9.14. The molecule has 1 fully saturated rings. The van der Waals surface area contributed by atoms with Gasteiger partial charge < -0.3 is 14.5 Å². The molecule has 144 valence electrons. The SMILES string of the molecule is COc1ccnc(N2CCC(=O)N(Cc3ccc(F)cc3)C(C(C)C)C2)n1. The molecule has 0 bridgehead atoms. The maximum absolute atomic E-state index is 13.2. The Balaban J connectivity index is 1.84. The van der Waals surface area contributed by atoms with Gasteiger partial charge in [0.25, 0.3) is 0 Å². The number of nitrogens with zero attached hydrogens (tertiary/aromatic N) is 4. The van der Waals surface area contributed by atoms with E-state index < -0.39 is 0 Å². The number of amides is 1. The van der Waals surface area contributed by atoms with Crippen molar-refractivity contribution < 1.29 is 13.9 Å². The molecule has 1 aromatic carbocycles. The molecule has 0 N–H and O–H groups in total. The van der Waals surface area contributed by atoms with Gasteiger partial charge in [-0.05, 0) is 23.6 Å². The molecule has 1 aromatic heterocycles. The maximum Gasteiger partial charge on any atom is 0.228 e. The molecule has 1 amide bonds. The number of aromatic nitrogens is 2. The molecule has 27 heavy (non-hydrogen) atoms. The fraction of sp³-hybridized carbons (Fsp3) is 0.450. The highest BCUT2D eigenvalue weighted by atomic mass is 19.1. The van der Waals surface area contributed by atoms with Crippen molar-refractivity contribution in [3.63, 3.8) is 0 Å². The Bertz CT molecular complexity index is 782. The zero-order valence-electron chi connectivity index (χ0n) is 15.9. The molecule has 0 radical (unpaired) electrons. The van der Waals surface area contributed by atoms with Crippen LogP contribution < -0.4 is 9.64 Å². The summed E-state index contributed by atoms with van der Waals surface area (Å²) in [5, 5.41) is 0. The van der Waals surface area contributed by atoms with Gasteiger partial charge in [-0.25, -0.2) is 9.37 Å². The predicted molar refractivity (Wildman–Crippen MR) is 101 cm³/mol. The third-order valence-corrected chi connectivity index (χ3v) is 4.87. The Kier molecular flexibility index (Phi) is 5.88. The molecular weight excluding hydrogens is 347 g/mol. The fourth-order valence-electron chi connectivity index (χ4n) is 3.32. The van der Waals surface area contributed by atoms with Crippen LogP contribution in [-0.4, -0.2) is 47.0 Å². The zero-order valence-corrected chi connectivity index (χ0v) is 15.9. The minimum absolute atomic E-state index is 0.000135. The summed E-state index contributed by atoms with van der Waals surface area (Å²) in [6.07, 6.45) is 2.04. The quantitative estimate of drug-likeness (QED) is 0.808. The van der Waals surface area contributed by atoms with Gasteiger partial charge in [0.1, 0.15) is 5.82 Å². The lowest BCUT2D eigenvalue weighted by atomic mass is 10.0. The number of ether oxygens (including phenoxy) is 1. The number of benzene rings is 1. The number of halogens is 1. The van der Waals surface area contributed by atoms with E-state index in [4.69, 9.17) is 4.74 Å². The van der Waals surface area contributed by atoms with Gasteiger partial charge in [0.05, 0.1) is 13.2 Å². The van der Waals surface area contributed by atoms with Crippen molar-refractivity contribution in [2.24, 2.45) is 5.92 Å². The second-order valence-corrected chi connectivity index (χ2v) is 7.05. The van der Waals surface area contributed by atoms with Gasteiger partial charge in [-0.2, -0.15) is 4.98 Å². The van der Waals surface area contributed by atoms with Crippen LogP contribution in [0.2, 0.25) is 0 Å². The molecule has 1 aliphatic rings. The fourth-order valence-corrected chi connectivity index (χ4v) is 3.32. The smallest absolute Gasteiger partial charge is 0.228 e. The second kappa shape index (κ2) is 8.33. The van der Waals surface area contributed by atoms with Gasteiger partial charge in [-0.15, -0.1) is 0 Å². The minimum atomic E-state index is -0.275. The summed E-state index contributed by atoms with van der Waals surface area (Å²) in [5.74, 6) is 1.13. The van der Waals surface area contributed by atoms with Crippen molar-refractivity contribution in [1.82, 2.24) is 14.9 Å². The Hall–Kier alpha value is -2.70. The third kappa shape index (κ3) is 4.53. The van der Waals surface area contributed by atoms with Crippen LogP contribution in [0.25, 0.3) is 0 Å². The number of methoxy groups -OCH3 is 1. The average molecular weight is 372 g/mol. The molecule has 1 atom stereocenters. The Labute approximate surface area is 159 Å². The van der Waals surface area contributed by atoms with E-state index in [0.29, 0.717) is 37.9 Å². The number of rotatable bonds is 5. The molecule has 2 aromatic rings. The summed E-state index contributed by atoms with van der Waals surface area (Å²) in [7, 11) is 1.57. The monoisotopic (exact) mass is 372 g/mol. The van der Waals surface area contributed by atoms with Gasteiger partial charge in [0.2, 0.25) is 17.7 Å². The highest BCUT2D eigenvalue weighted by molar-refractivity contribution is 5.78. The molecule has 7 heteroatoms. The first-order valence-corrected chi connectivity index (χ1v) is 9.14. The average Bonchev–Trinajstić information content (AvgIpc) is 2.83. The van der Waals surface area contributed by atoms with E-state index in [-0.39, 0.29) is 23.7 Å². The van der Waals surface area contributed by atoms with Gasteiger partial charge in [-0.3, -0.25) is 4.79 Å². The van der Waals surface area contributed by atoms with E-state index in [0.717, 1.165) is 5.56 Å². The Morgan fingerprint density at radius 2 is 2.00 bits per heavy atom. The number of hydrogen-bond acceptors (Lipinski definition) is 5. The third-order valence-electron chi connectivity index (χ3n) is 4.87. The van der Waals surface area contributed by atoms with Gasteiger partial charge in [-0.1, -0.05) is 26.0 Å². The highest BCUT2D eigenvalue weighted by Crippen LogP contribution is 2.23. The largest absolute Gasteiger partial charge is 0.481 e. The van der Waals surface area contributed by atoms with Crippen molar-refractivity contribution in [1.29, 1.82) is 0 Å². The van der Waals surface area contributed by atoms with Crippen LogP contribution in [0.1, 0.15) is 25.8 Å². The van der Waals surface area contributed by atoms with Crippen molar-refractivity contribution in [3.8, 4) is 5.88 Å². The van der Waals surface area contributed by atoms with E-state index in [2.05, 4.69) is 23.8 Å². The molecule has 0 aliphatic carbocycles. The van der Waals surface area contributed by atoms with Gasteiger partial charge in [0.15, 0.2) is 0 Å². The first-order chi connectivity index (χ1) is 13.0. The van der Waals surface area contributed by atoms with Crippen molar-refractivity contribution in [2.45, 2.75) is 32.9 Å². The Morgan fingerprint density at radius 1 is 1.26 bits per heavy atom. The first kappa shape index (κ1) is 19.1. The minimum Gasteiger partial charge on any atom is -0.481 e. The highest BCUT2D eigenvalue weighted by Gasteiger charge is 2.32. The van der Waals surface area contributed by atoms with Crippen molar-refractivity contribution >= 4 is 11.9 Å². The molecule has 1 saturated heterocycles. The lowest BCUT2D eigenvalue weighted by Crippen LogP contribution is -2.46. The molecular formula is C20H25FN4O2. The lowest BCUT2D eigenvalue weighted by molar-refractivity contribution is -0.134. The molecule has 1 unspecified atom stereocenters. The van der Waals surface area contributed by atoms with Crippen LogP contribution in [0, 0.1) is 11.7 Å². The molecule has 1 aliphatic heterocycles. The lowest BCUT2D eigenvalue weighted by Gasteiger charge is -2.34. The van der Waals surface area contributed by atoms with E-state index in [1.165, 1.54) is 12.1 Å². The standard InChI is InChI=1S/C20H25FN4O2/c1-14(2)17-13-24(20-22-10-8-18(23-20)27-3)11-9-19(26)25(17)12-15-4-6-16(21)7-5-15/h4-8,10,14,17H,9,11-13H2,1-3H3. The van der Waals surface area contributed by atoms with Crippen LogP contribution in [0.5, 0.6) is 5.88 Å². The van der Waals surface area contributed by atoms with Crippen molar-refractivity contribution in [3.05, 3.63) is 47.9 Å². The number of carbonyl (C=O) groups is 1. The van der Waals surface area contributed by atoms with E-state index >= 15 is 0 Å². The molecule has 6 nitrogen and oxygen atoms in total. The summed E-state index contributed by atoms with van der Waals surface area (Å²) in [6.45, 7) is 5.86. The van der Waals surface area contributed by atoms with Crippen LogP contribution in [0.3, 0.4) is 0 Å². The van der Waals surface area contributed by atoms with Crippen LogP contribution in [0.4, 0.5) is 10.3 Å². The molecule has 0 spiro atoms. The van der Waals surface area contributed by atoms with E-state index in [1.807, 2.05) is 9.80 Å². The topological polar surface area (TPSA) is 58.6 Å². The summed E-state index contributed by atoms with van der Waals surface area (Å²) in [5.41, 5.74) is 0.918. The molecule has 0 saturated carbocycles. The summed E-state index contributed by atoms with van der Waals surface area (Å²) < 4.78 is 18.4. The van der Waals surface area contributed by atoms with Crippen LogP contribution in [0.15, 0.2) is 36.5 Å². The molecule has 3 rings (SSSR count). The maximum atomic E-state index is 13.2. The number of carbonyl (C=O) groups excluding carboxylic acids is 1. The summed E-state index contributed by atoms with van der Waals surface area (Å²) in [6, 6.07) is 8.02. The van der Waals surface area contributed by atoms with Gasteiger partial charge >= 0.3 is 0 Å². The van der Waals surface area contributed by atoms with Crippen LogP contribution in [-0.2, 0) is 11.3 Å². The zero-order chi connectivity index (χ0) is 19.4. The summed E-state index contributed by atoms with van der Waals surface area (Å²) >= 11 is 0. The van der Waals surface area contributed by atoms with E-state index in [9.17, 15) is 9.18 Å². The normalized spacial score (nSPS) is 18.0. The molecule has 2 heterocycles. The number of anilines is 1. The summed E-state index contributed by atoms with van der Waals surface area (Å²) in [4.78, 5) is 25.6. The van der Waals surface area contributed by atoms with E-state index in [1.54, 1.807) is 31.5 Å². The van der Waals surface area contributed by atoms with Crippen LogP contribution >= 0.6 is 0 Å². The van der Waals surface area contributed by atoms with Gasteiger partial charge in [0, 0.05) is 38.3 Å². The predicted octanol–water partition coefficient (Wildman–Crippen LogP) is 2.89. The number of hydrogen-bond donors (Lipinski definition) is 0. The van der Waals surface area contributed by atoms with Crippen molar-refractivity contribution in [2.75, 3.05) is 25.1 Å². The Morgan fingerprint density at radius 3 is 2.67 bits per heavy atom.